The Morgan fingerprint density at radius 2 is 1.68 bits per heavy atom. The number of piperazine rings is 1. The summed E-state index contributed by atoms with van der Waals surface area (Å²) in [6.07, 6.45) is 3.11. The number of aromatic nitrogens is 2. The minimum atomic E-state index is -0.0202. The fourth-order valence-corrected chi connectivity index (χ4v) is 6.50. The molecule has 3 heterocycles. The number of amides is 2. The standard InChI is InChI=1S/C30H33Cl2N5O2S/c1-21-19-36(15-16-37(21)29(39)24-7-9-25(31)10-8-24)27-18-26(32)33-30(34-27)40-20-28(38)35-13-11-23(12-14-35)17-22-5-3-2-4-6-22/h2-10,18,21,23H,11-17,19-20H2,1H3. The van der Waals surface area contributed by atoms with Gasteiger partial charge in [-0.3, -0.25) is 9.59 Å². The molecule has 10 heteroatoms. The number of hydrogen-bond donors (Lipinski definition) is 0. The highest BCUT2D eigenvalue weighted by atomic mass is 35.5. The maximum Gasteiger partial charge on any atom is 0.254 e. The molecular formula is C30H33Cl2N5O2S. The van der Waals surface area contributed by atoms with Gasteiger partial charge in [0.25, 0.3) is 5.91 Å². The van der Waals surface area contributed by atoms with E-state index in [2.05, 4.69) is 34.1 Å². The Balaban J connectivity index is 1.13. The van der Waals surface area contributed by atoms with E-state index in [-0.39, 0.29) is 23.6 Å². The number of carbonyl (C=O) groups excluding carboxylic acids is 2. The largest absolute Gasteiger partial charge is 0.353 e. The van der Waals surface area contributed by atoms with Gasteiger partial charge < -0.3 is 14.7 Å². The lowest BCUT2D eigenvalue weighted by molar-refractivity contribution is -0.129. The highest BCUT2D eigenvalue weighted by Crippen LogP contribution is 2.26. The van der Waals surface area contributed by atoms with E-state index in [1.165, 1.54) is 17.3 Å². The molecule has 0 radical (unpaired) electrons. The molecule has 2 aliphatic rings. The first-order chi connectivity index (χ1) is 19.4. The summed E-state index contributed by atoms with van der Waals surface area (Å²) in [7, 11) is 0. The Bertz CT molecular complexity index is 1320. The van der Waals surface area contributed by atoms with Crippen LogP contribution in [0.3, 0.4) is 0 Å². The summed E-state index contributed by atoms with van der Waals surface area (Å²) < 4.78 is 0. The fourth-order valence-electron chi connectivity index (χ4n) is 5.39. The van der Waals surface area contributed by atoms with Crippen LogP contribution in [0.25, 0.3) is 0 Å². The zero-order valence-corrected chi connectivity index (χ0v) is 24.8. The maximum atomic E-state index is 13.0. The van der Waals surface area contributed by atoms with Gasteiger partial charge in [-0.25, -0.2) is 9.97 Å². The van der Waals surface area contributed by atoms with E-state index in [0.717, 1.165) is 32.4 Å². The van der Waals surface area contributed by atoms with E-state index in [0.29, 0.717) is 52.3 Å². The zero-order valence-electron chi connectivity index (χ0n) is 22.5. The second kappa shape index (κ2) is 13.2. The van der Waals surface area contributed by atoms with Crippen molar-refractivity contribution in [3.05, 3.63) is 82.0 Å². The first-order valence-corrected chi connectivity index (χ1v) is 15.4. The van der Waals surface area contributed by atoms with Gasteiger partial charge >= 0.3 is 0 Å². The summed E-state index contributed by atoms with van der Waals surface area (Å²) in [5.74, 6) is 1.70. The summed E-state index contributed by atoms with van der Waals surface area (Å²) >= 11 is 13.7. The number of thioether (sulfide) groups is 1. The van der Waals surface area contributed by atoms with E-state index in [1.807, 2.05) is 22.8 Å². The van der Waals surface area contributed by atoms with Crippen molar-refractivity contribution in [1.82, 2.24) is 19.8 Å². The Morgan fingerprint density at radius 3 is 2.38 bits per heavy atom. The number of nitrogens with zero attached hydrogens (tertiary/aromatic N) is 5. The topological polar surface area (TPSA) is 69.6 Å². The molecule has 1 aromatic heterocycles. The molecule has 2 aromatic carbocycles. The van der Waals surface area contributed by atoms with Gasteiger partial charge in [0, 0.05) is 55.4 Å². The molecule has 5 rings (SSSR count). The molecule has 2 aliphatic heterocycles. The zero-order chi connectivity index (χ0) is 28.1. The highest BCUT2D eigenvalue weighted by Gasteiger charge is 2.29. The van der Waals surface area contributed by atoms with Crippen LogP contribution in [0.2, 0.25) is 10.2 Å². The number of carbonyl (C=O) groups is 2. The van der Waals surface area contributed by atoms with Crippen LogP contribution >= 0.6 is 35.0 Å². The van der Waals surface area contributed by atoms with Crippen LogP contribution in [-0.2, 0) is 11.2 Å². The van der Waals surface area contributed by atoms with Gasteiger partial charge in [0.2, 0.25) is 5.91 Å². The Kier molecular flexibility index (Phi) is 9.50. The summed E-state index contributed by atoms with van der Waals surface area (Å²) in [5.41, 5.74) is 1.99. The van der Waals surface area contributed by atoms with Crippen molar-refractivity contribution in [2.24, 2.45) is 5.92 Å². The molecule has 0 N–H and O–H groups in total. The van der Waals surface area contributed by atoms with Crippen molar-refractivity contribution in [3.8, 4) is 0 Å². The first kappa shape index (κ1) is 28.7. The van der Waals surface area contributed by atoms with Crippen LogP contribution in [0, 0.1) is 5.92 Å². The first-order valence-electron chi connectivity index (χ1n) is 13.7. The molecular weight excluding hydrogens is 565 g/mol. The van der Waals surface area contributed by atoms with E-state index in [1.54, 1.807) is 30.3 Å². The van der Waals surface area contributed by atoms with Gasteiger partial charge in [-0.15, -0.1) is 0 Å². The minimum absolute atomic E-state index is 0.0107. The van der Waals surface area contributed by atoms with E-state index in [4.69, 9.17) is 28.2 Å². The Labute approximate surface area is 249 Å². The Hall–Kier alpha value is -2.81. The highest BCUT2D eigenvalue weighted by molar-refractivity contribution is 7.99. The number of piperidine rings is 1. The third kappa shape index (κ3) is 7.28. The number of anilines is 1. The molecule has 2 fully saturated rings. The lowest BCUT2D eigenvalue weighted by Gasteiger charge is -2.40. The monoisotopic (exact) mass is 597 g/mol. The van der Waals surface area contributed by atoms with Crippen molar-refractivity contribution in [3.63, 3.8) is 0 Å². The smallest absolute Gasteiger partial charge is 0.254 e. The van der Waals surface area contributed by atoms with Crippen LogP contribution in [0.5, 0.6) is 0 Å². The van der Waals surface area contributed by atoms with E-state index >= 15 is 0 Å². The molecule has 2 amide bonds. The van der Waals surface area contributed by atoms with Crippen molar-refractivity contribution in [1.29, 1.82) is 0 Å². The predicted octanol–water partition coefficient (Wildman–Crippen LogP) is 5.71. The molecule has 0 spiro atoms. The van der Waals surface area contributed by atoms with Crippen molar-refractivity contribution < 1.29 is 9.59 Å². The van der Waals surface area contributed by atoms with Crippen LogP contribution in [0.15, 0.2) is 65.8 Å². The Morgan fingerprint density at radius 1 is 0.950 bits per heavy atom. The average Bonchev–Trinajstić information content (AvgIpc) is 2.96. The van der Waals surface area contributed by atoms with Crippen molar-refractivity contribution >= 4 is 52.6 Å². The molecule has 210 valence electrons. The van der Waals surface area contributed by atoms with Gasteiger partial charge in [-0.2, -0.15) is 0 Å². The molecule has 1 unspecified atom stereocenters. The van der Waals surface area contributed by atoms with E-state index < -0.39 is 0 Å². The van der Waals surface area contributed by atoms with Crippen molar-refractivity contribution in [2.45, 2.75) is 37.4 Å². The normalized spacial score (nSPS) is 18.2. The third-order valence-electron chi connectivity index (χ3n) is 7.62. The molecule has 0 bridgehead atoms. The van der Waals surface area contributed by atoms with Gasteiger partial charge in [-0.1, -0.05) is 65.3 Å². The number of benzene rings is 2. The van der Waals surface area contributed by atoms with Crippen LogP contribution in [0.4, 0.5) is 5.82 Å². The second-order valence-corrected chi connectivity index (χ2v) is 12.2. The third-order valence-corrected chi connectivity index (χ3v) is 8.90. The van der Waals surface area contributed by atoms with Gasteiger partial charge in [0.15, 0.2) is 5.16 Å². The van der Waals surface area contributed by atoms with Crippen molar-refractivity contribution in [2.75, 3.05) is 43.4 Å². The number of rotatable bonds is 7. The number of hydrogen-bond acceptors (Lipinski definition) is 6. The quantitative estimate of drug-likeness (QED) is 0.197. The van der Waals surface area contributed by atoms with Crippen LogP contribution < -0.4 is 4.90 Å². The second-order valence-electron chi connectivity index (χ2n) is 10.4. The summed E-state index contributed by atoms with van der Waals surface area (Å²) in [4.78, 5) is 41.0. The average molecular weight is 599 g/mol. The van der Waals surface area contributed by atoms with Crippen LogP contribution in [-0.4, -0.2) is 76.1 Å². The molecule has 1 atom stereocenters. The molecule has 0 saturated carbocycles. The molecule has 40 heavy (non-hydrogen) atoms. The summed E-state index contributed by atoms with van der Waals surface area (Å²) in [6, 6.07) is 19.3. The van der Waals surface area contributed by atoms with Crippen LogP contribution in [0.1, 0.15) is 35.7 Å². The lowest BCUT2D eigenvalue weighted by Crippen LogP contribution is -2.54. The minimum Gasteiger partial charge on any atom is -0.353 e. The van der Waals surface area contributed by atoms with Gasteiger partial charge in [0.1, 0.15) is 11.0 Å². The maximum absolute atomic E-state index is 13.0. The lowest BCUT2D eigenvalue weighted by atomic mass is 9.90. The SMILES string of the molecule is CC1CN(c2cc(Cl)nc(SCC(=O)N3CCC(Cc4ccccc4)CC3)n2)CCN1C(=O)c1ccc(Cl)cc1. The predicted molar refractivity (Wildman–Crippen MR) is 161 cm³/mol. The molecule has 0 aliphatic carbocycles. The molecule has 3 aromatic rings. The van der Waals surface area contributed by atoms with Gasteiger partial charge in [-0.05, 0) is 61.9 Å². The molecule has 2 saturated heterocycles. The van der Waals surface area contributed by atoms with E-state index in [9.17, 15) is 9.59 Å². The number of likely N-dealkylation sites (tertiary alicyclic amines) is 1. The molecule has 7 nitrogen and oxygen atoms in total. The summed E-state index contributed by atoms with van der Waals surface area (Å²) in [5, 5.41) is 1.44. The van der Waals surface area contributed by atoms with Gasteiger partial charge in [0.05, 0.1) is 5.75 Å². The fraction of sp³-hybridized carbons (Fsp3) is 0.400. The summed E-state index contributed by atoms with van der Waals surface area (Å²) in [6.45, 7) is 5.40. The number of halogens is 2.